The van der Waals surface area contributed by atoms with Crippen LogP contribution in [0.3, 0.4) is 0 Å². The maximum atomic E-state index is 12.5. The van der Waals surface area contributed by atoms with Gasteiger partial charge in [-0.2, -0.15) is 5.53 Å². The van der Waals surface area contributed by atoms with Crippen LogP contribution in [-0.4, -0.2) is 24.2 Å². The summed E-state index contributed by atoms with van der Waals surface area (Å²) in [5, 5.41) is 6.56. The highest BCUT2D eigenvalue weighted by molar-refractivity contribution is 5.83. The van der Waals surface area contributed by atoms with Crippen molar-refractivity contribution >= 4 is 11.6 Å². The lowest BCUT2D eigenvalue weighted by Crippen LogP contribution is -2.53. The fourth-order valence-electron chi connectivity index (χ4n) is 3.25. The van der Waals surface area contributed by atoms with Gasteiger partial charge in [0.2, 0.25) is 5.91 Å². The van der Waals surface area contributed by atoms with Crippen LogP contribution in [0.15, 0.2) is 18.2 Å². The second kappa shape index (κ2) is 7.29. The third-order valence-electron chi connectivity index (χ3n) is 4.85. The van der Waals surface area contributed by atoms with Gasteiger partial charge in [0.05, 0.1) is 0 Å². The van der Waals surface area contributed by atoms with Gasteiger partial charge in [0.15, 0.2) is 0 Å². The van der Waals surface area contributed by atoms with Gasteiger partial charge in [0.25, 0.3) is 0 Å². The highest BCUT2D eigenvalue weighted by Gasteiger charge is 2.33. The Labute approximate surface area is 137 Å². The number of nitrogens with one attached hydrogen (secondary N) is 5. The van der Waals surface area contributed by atoms with Crippen LogP contribution in [-0.2, 0) is 4.79 Å². The van der Waals surface area contributed by atoms with E-state index in [0.29, 0.717) is 6.04 Å². The molecule has 2 atom stereocenters. The maximum Gasteiger partial charge on any atom is 0.242 e. The van der Waals surface area contributed by atoms with Gasteiger partial charge < -0.3 is 10.6 Å². The molecule has 1 saturated heterocycles. The fraction of sp³-hybridized carbons (Fsp3) is 0.588. The highest BCUT2D eigenvalue weighted by Crippen LogP contribution is 2.18. The van der Waals surface area contributed by atoms with Gasteiger partial charge in [-0.3, -0.25) is 4.79 Å². The molecule has 3 rings (SSSR count). The zero-order valence-corrected chi connectivity index (χ0v) is 13.9. The Hall–Kier alpha value is -1.63. The van der Waals surface area contributed by atoms with Crippen molar-refractivity contribution in [2.24, 2.45) is 0 Å². The molecule has 1 saturated carbocycles. The van der Waals surface area contributed by atoms with Crippen LogP contribution < -0.4 is 27.0 Å². The van der Waals surface area contributed by atoms with Crippen molar-refractivity contribution < 1.29 is 4.79 Å². The van der Waals surface area contributed by atoms with E-state index in [1.807, 2.05) is 6.07 Å². The smallest absolute Gasteiger partial charge is 0.242 e. The number of rotatable bonds is 4. The number of aryl methyl sites for hydroxylation is 2. The Morgan fingerprint density at radius 3 is 2.61 bits per heavy atom. The summed E-state index contributed by atoms with van der Waals surface area (Å²) >= 11 is 0. The second-order valence-corrected chi connectivity index (χ2v) is 6.66. The normalized spacial score (nSPS) is 25.3. The summed E-state index contributed by atoms with van der Waals surface area (Å²) in [5.74, 6) is 0.0377. The van der Waals surface area contributed by atoms with Gasteiger partial charge in [-0.1, -0.05) is 25.3 Å². The first kappa shape index (κ1) is 16.2. The predicted molar refractivity (Wildman–Crippen MR) is 91.5 cm³/mol. The lowest BCUT2D eigenvalue weighted by atomic mass is 9.95. The average molecular weight is 317 g/mol. The Bertz CT molecular complexity index is 556. The molecule has 23 heavy (non-hydrogen) atoms. The van der Waals surface area contributed by atoms with E-state index in [1.165, 1.54) is 30.4 Å². The van der Waals surface area contributed by atoms with Gasteiger partial charge in [-0.25, -0.2) is 10.9 Å². The number of hydrogen-bond acceptors (Lipinski definition) is 5. The molecule has 126 valence electrons. The lowest BCUT2D eigenvalue weighted by molar-refractivity contribution is -0.124. The number of carbonyl (C=O) groups is 1. The molecule has 1 aromatic carbocycles. The molecule has 6 nitrogen and oxygen atoms in total. The van der Waals surface area contributed by atoms with Crippen molar-refractivity contribution in [3.05, 3.63) is 29.3 Å². The molecule has 0 bridgehead atoms. The van der Waals surface area contributed by atoms with Crippen molar-refractivity contribution in [2.75, 3.05) is 5.32 Å². The van der Waals surface area contributed by atoms with Crippen molar-refractivity contribution in [2.45, 2.75) is 64.2 Å². The summed E-state index contributed by atoms with van der Waals surface area (Å²) in [5.41, 5.74) is 12.4. The predicted octanol–water partition coefficient (Wildman–Crippen LogP) is 1.47. The average Bonchev–Trinajstić information content (AvgIpc) is 3.00. The number of hydrogen-bond donors (Lipinski definition) is 5. The molecular formula is C17H27N5O. The van der Waals surface area contributed by atoms with E-state index in [9.17, 15) is 4.79 Å². The number of benzene rings is 1. The van der Waals surface area contributed by atoms with E-state index in [0.717, 1.165) is 18.5 Å². The summed E-state index contributed by atoms with van der Waals surface area (Å²) in [7, 11) is 0. The van der Waals surface area contributed by atoms with Crippen LogP contribution >= 0.6 is 0 Å². The van der Waals surface area contributed by atoms with Crippen molar-refractivity contribution in [1.82, 2.24) is 21.7 Å². The van der Waals surface area contributed by atoms with E-state index in [-0.39, 0.29) is 18.1 Å². The first-order valence-corrected chi connectivity index (χ1v) is 8.54. The molecule has 1 aliphatic heterocycles. The van der Waals surface area contributed by atoms with Crippen LogP contribution in [0.4, 0.5) is 5.69 Å². The third kappa shape index (κ3) is 4.02. The number of carbonyl (C=O) groups excluding carboxylic acids is 1. The minimum atomic E-state index is -0.349. The summed E-state index contributed by atoms with van der Waals surface area (Å²) in [6.45, 7) is 4.18. The summed E-state index contributed by atoms with van der Waals surface area (Å²) in [6, 6.07) is 6.20. The molecule has 2 unspecified atom stereocenters. The van der Waals surface area contributed by atoms with Crippen LogP contribution in [0.25, 0.3) is 0 Å². The monoisotopic (exact) mass is 317 g/mol. The molecule has 2 fully saturated rings. The molecule has 1 heterocycles. The Kier molecular flexibility index (Phi) is 5.15. The molecule has 1 amide bonds. The maximum absolute atomic E-state index is 12.5. The summed E-state index contributed by atoms with van der Waals surface area (Å²) in [6.07, 6.45) is 5.70. The van der Waals surface area contributed by atoms with Crippen molar-refractivity contribution in [3.8, 4) is 0 Å². The van der Waals surface area contributed by atoms with Gasteiger partial charge in [0, 0.05) is 11.7 Å². The molecular weight excluding hydrogens is 290 g/mol. The van der Waals surface area contributed by atoms with E-state index in [2.05, 4.69) is 53.0 Å². The van der Waals surface area contributed by atoms with Crippen LogP contribution in [0.5, 0.6) is 0 Å². The number of amides is 1. The van der Waals surface area contributed by atoms with E-state index < -0.39 is 0 Å². The van der Waals surface area contributed by atoms with Crippen molar-refractivity contribution in [3.63, 3.8) is 0 Å². The highest BCUT2D eigenvalue weighted by atomic mass is 16.2. The van der Waals surface area contributed by atoms with Crippen LogP contribution in [0.2, 0.25) is 0 Å². The van der Waals surface area contributed by atoms with Crippen molar-refractivity contribution in [1.29, 1.82) is 0 Å². The van der Waals surface area contributed by atoms with Gasteiger partial charge >= 0.3 is 0 Å². The molecule has 5 N–H and O–H groups in total. The largest absolute Gasteiger partial charge is 0.367 e. The summed E-state index contributed by atoms with van der Waals surface area (Å²) < 4.78 is 0. The molecule has 6 heteroatoms. The van der Waals surface area contributed by atoms with E-state index in [4.69, 9.17) is 0 Å². The Balaban J connectivity index is 1.60. The second-order valence-electron chi connectivity index (χ2n) is 6.66. The van der Waals surface area contributed by atoms with E-state index in [1.54, 1.807) is 0 Å². The molecule has 0 spiro atoms. The third-order valence-corrected chi connectivity index (χ3v) is 4.85. The van der Waals surface area contributed by atoms with Gasteiger partial charge in [0.1, 0.15) is 12.2 Å². The Morgan fingerprint density at radius 2 is 1.87 bits per heavy atom. The minimum Gasteiger partial charge on any atom is -0.367 e. The quantitative estimate of drug-likeness (QED) is 0.581. The molecule has 1 aromatic rings. The van der Waals surface area contributed by atoms with Gasteiger partial charge in [-0.05, 0) is 49.9 Å². The zero-order chi connectivity index (χ0) is 16.2. The first-order valence-electron chi connectivity index (χ1n) is 8.54. The number of hydrazine groups is 2. The SMILES string of the molecule is Cc1ccc(NC2NNNC2C(=O)NC2CCCCC2)cc1C. The van der Waals surface area contributed by atoms with Gasteiger partial charge in [-0.15, -0.1) is 0 Å². The standard InChI is InChI=1S/C17H27N5O/c1-11-8-9-14(10-12(11)2)18-16-15(20-22-21-16)17(23)19-13-6-4-3-5-7-13/h8-10,13,15-16,18,20-22H,3-7H2,1-2H3,(H,19,23). The Morgan fingerprint density at radius 1 is 1.09 bits per heavy atom. The topological polar surface area (TPSA) is 77.2 Å². The first-order chi connectivity index (χ1) is 11.1. The summed E-state index contributed by atoms with van der Waals surface area (Å²) in [4.78, 5) is 12.5. The van der Waals surface area contributed by atoms with Crippen LogP contribution in [0, 0.1) is 13.8 Å². The lowest BCUT2D eigenvalue weighted by Gasteiger charge is -2.26. The molecule has 0 aromatic heterocycles. The zero-order valence-electron chi connectivity index (χ0n) is 13.9. The minimum absolute atomic E-state index is 0.0377. The molecule has 2 aliphatic rings. The molecule has 0 radical (unpaired) electrons. The molecule has 1 aliphatic carbocycles. The van der Waals surface area contributed by atoms with Crippen LogP contribution in [0.1, 0.15) is 43.2 Å². The van der Waals surface area contributed by atoms with E-state index >= 15 is 0 Å². The fourth-order valence-corrected chi connectivity index (χ4v) is 3.25. The number of anilines is 1.